The van der Waals surface area contributed by atoms with Gasteiger partial charge in [-0.05, 0) is 52.3 Å². The number of nitrogens with one attached hydrogen (secondary N) is 1. The topological polar surface area (TPSA) is 58.2 Å². The van der Waals surface area contributed by atoms with Crippen LogP contribution in [0.2, 0.25) is 0 Å². The van der Waals surface area contributed by atoms with E-state index in [1.807, 2.05) is 47.5 Å². The first-order valence-electron chi connectivity index (χ1n) is 7.84. The molecule has 1 saturated heterocycles. The number of pyridine rings is 1. The summed E-state index contributed by atoms with van der Waals surface area (Å²) < 4.78 is 6.75. The van der Waals surface area contributed by atoms with E-state index >= 15 is 0 Å². The molecule has 1 aliphatic rings. The SMILES string of the molecule is O=C(c1ccc2[nH]ccc2c1)N1CCC(Oc2ncccc2Br)C1. The Morgan fingerprint density at radius 2 is 2.25 bits per heavy atom. The third-order valence-corrected chi connectivity index (χ3v) is 4.84. The fourth-order valence-electron chi connectivity index (χ4n) is 2.99. The summed E-state index contributed by atoms with van der Waals surface area (Å²) in [6.07, 6.45) is 4.35. The summed E-state index contributed by atoms with van der Waals surface area (Å²) in [7, 11) is 0. The lowest BCUT2D eigenvalue weighted by molar-refractivity contribution is 0.0771. The van der Waals surface area contributed by atoms with Crippen molar-refractivity contribution in [2.75, 3.05) is 13.1 Å². The van der Waals surface area contributed by atoms with E-state index < -0.39 is 0 Å². The summed E-state index contributed by atoms with van der Waals surface area (Å²) in [6.45, 7) is 1.27. The van der Waals surface area contributed by atoms with Crippen LogP contribution >= 0.6 is 15.9 Å². The minimum absolute atomic E-state index is 0.0314. The molecule has 1 unspecified atom stereocenters. The predicted molar refractivity (Wildman–Crippen MR) is 95.2 cm³/mol. The second-order valence-corrected chi connectivity index (χ2v) is 6.70. The highest BCUT2D eigenvalue weighted by molar-refractivity contribution is 9.10. The predicted octanol–water partition coefficient (Wildman–Crippen LogP) is 3.62. The van der Waals surface area contributed by atoms with E-state index in [9.17, 15) is 4.79 Å². The van der Waals surface area contributed by atoms with Gasteiger partial charge in [0.25, 0.3) is 5.91 Å². The number of hydrogen-bond acceptors (Lipinski definition) is 3. The summed E-state index contributed by atoms with van der Waals surface area (Å²) in [4.78, 5) is 21.9. The molecule has 4 rings (SSSR count). The molecule has 3 heterocycles. The molecular weight excluding hydrogens is 370 g/mol. The zero-order valence-electron chi connectivity index (χ0n) is 12.9. The van der Waals surface area contributed by atoms with Crippen molar-refractivity contribution in [2.45, 2.75) is 12.5 Å². The number of amides is 1. The number of H-pyrrole nitrogens is 1. The second kappa shape index (κ2) is 6.28. The van der Waals surface area contributed by atoms with Crippen molar-refractivity contribution in [3.63, 3.8) is 0 Å². The standard InChI is InChI=1S/C18H16BrN3O2/c19-15-2-1-7-21-17(15)24-14-6-9-22(11-14)18(23)13-3-4-16-12(10-13)5-8-20-16/h1-5,7-8,10,14,20H,6,9,11H2. The van der Waals surface area contributed by atoms with Gasteiger partial charge in [-0.25, -0.2) is 4.98 Å². The summed E-state index contributed by atoms with van der Waals surface area (Å²) in [6, 6.07) is 11.4. The maximum atomic E-state index is 12.7. The van der Waals surface area contributed by atoms with Crippen LogP contribution in [0.25, 0.3) is 10.9 Å². The molecule has 1 aliphatic heterocycles. The first kappa shape index (κ1) is 15.2. The molecule has 0 aliphatic carbocycles. The van der Waals surface area contributed by atoms with E-state index in [0.717, 1.165) is 21.8 Å². The van der Waals surface area contributed by atoms with Crippen molar-refractivity contribution in [3.05, 3.63) is 58.8 Å². The largest absolute Gasteiger partial charge is 0.472 e. The van der Waals surface area contributed by atoms with E-state index in [1.165, 1.54) is 0 Å². The Kier molecular flexibility index (Phi) is 3.98. The highest BCUT2D eigenvalue weighted by Crippen LogP contribution is 2.25. The summed E-state index contributed by atoms with van der Waals surface area (Å²) >= 11 is 3.43. The van der Waals surface area contributed by atoms with Crippen LogP contribution < -0.4 is 4.74 Å². The van der Waals surface area contributed by atoms with Crippen molar-refractivity contribution < 1.29 is 9.53 Å². The fourth-order valence-corrected chi connectivity index (χ4v) is 3.34. The first-order valence-corrected chi connectivity index (χ1v) is 8.63. The number of hydrogen-bond donors (Lipinski definition) is 1. The smallest absolute Gasteiger partial charge is 0.254 e. The van der Waals surface area contributed by atoms with Crippen LogP contribution in [-0.2, 0) is 0 Å². The maximum absolute atomic E-state index is 12.7. The molecule has 2 aromatic heterocycles. The maximum Gasteiger partial charge on any atom is 0.254 e. The van der Waals surface area contributed by atoms with Gasteiger partial charge in [0.1, 0.15) is 6.10 Å². The van der Waals surface area contributed by atoms with Crippen LogP contribution in [0.3, 0.4) is 0 Å². The molecule has 6 heteroatoms. The van der Waals surface area contributed by atoms with Gasteiger partial charge in [0.2, 0.25) is 5.88 Å². The number of aromatic amines is 1. The molecule has 1 fully saturated rings. The molecule has 0 saturated carbocycles. The van der Waals surface area contributed by atoms with Gasteiger partial charge in [-0.1, -0.05) is 0 Å². The van der Waals surface area contributed by atoms with Crippen LogP contribution in [0.15, 0.2) is 53.3 Å². The van der Waals surface area contributed by atoms with Crippen molar-refractivity contribution in [3.8, 4) is 5.88 Å². The number of likely N-dealkylation sites (tertiary alicyclic amines) is 1. The molecule has 1 atom stereocenters. The number of aromatic nitrogens is 2. The number of ether oxygens (including phenoxy) is 1. The van der Waals surface area contributed by atoms with Crippen molar-refractivity contribution >= 4 is 32.7 Å². The van der Waals surface area contributed by atoms with Crippen LogP contribution in [-0.4, -0.2) is 40.0 Å². The molecule has 24 heavy (non-hydrogen) atoms. The van der Waals surface area contributed by atoms with Crippen molar-refractivity contribution in [2.24, 2.45) is 0 Å². The Morgan fingerprint density at radius 1 is 1.33 bits per heavy atom. The molecule has 0 bridgehead atoms. The number of carbonyl (C=O) groups is 1. The van der Waals surface area contributed by atoms with Crippen LogP contribution in [0.4, 0.5) is 0 Å². The van der Waals surface area contributed by atoms with E-state index in [-0.39, 0.29) is 12.0 Å². The van der Waals surface area contributed by atoms with E-state index in [1.54, 1.807) is 6.20 Å². The summed E-state index contributed by atoms with van der Waals surface area (Å²) in [5.74, 6) is 0.620. The van der Waals surface area contributed by atoms with Crippen LogP contribution in [0, 0.1) is 0 Å². The van der Waals surface area contributed by atoms with Gasteiger partial charge in [-0.15, -0.1) is 0 Å². The molecule has 1 amide bonds. The van der Waals surface area contributed by atoms with Crippen molar-refractivity contribution in [1.82, 2.24) is 14.9 Å². The quantitative estimate of drug-likeness (QED) is 0.748. The number of rotatable bonds is 3. The first-order chi connectivity index (χ1) is 11.7. The van der Waals surface area contributed by atoms with Gasteiger partial charge in [-0.3, -0.25) is 4.79 Å². The number of halogens is 1. The Morgan fingerprint density at radius 3 is 3.12 bits per heavy atom. The Balaban J connectivity index is 1.46. The zero-order valence-corrected chi connectivity index (χ0v) is 14.5. The van der Waals surface area contributed by atoms with Crippen LogP contribution in [0.1, 0.15) is 16.8 Å². The van der Waals surface area contributed by atoms with Crippen molar-refractivity contribution in [1.29, 1.82) is 0 Å². The van der Waals surface area contributed by atoms with Gasteiger partial charge < -0.3 is 14.6 Å². The Bertz CT molecular complexity index is 893. The molecule has 5 nitrogen and oxygen atoms in total. The molecule has 122 valence electrons. The van der Waals surface area contributed by atoms with E-state index in [0.29, 0.717) is 24.5 Å². The van der Waals surface area contributed by atoms with E-state index in [4.69, 9.17) is 4.74 Å². The number of carbonyl (C=O) groups excluding carboxylic acids is 1. The monoisotopic (exact) mass is 385 g/mol. The molecule has 0 radical (unpaired) electrons. The third kappa shape index (κ3) is 2.89. The summed E-state index contributed by atoms with van der Waals surface area (Å²) in [5.41, 5.74) is 1.75. The average Bonchev–Trinajstić information content (AvgIpc) is 3.24. The number of fused-ring (bicyclic) bond motifs is 1. The molecule has 3 aromatic rings. The zero-order chi connectivity index (χ0) is 16.5. The highest BCUT2D eigenvalue weighted by atomic mass is 79.9. The molecular formula is C18H16BrN3O2. The van der Waals surface area contributed by atoms with Gasteiger partial charge in [0, 0.05) is 41.8 Å². The fraction of sp³-hybridized carbons (Fsp3) is 0.222. The van der Waals surface area contributed by atoms with Crippen LogP contribution in [0.5, 0.6) is 5.88 Å². The average molecular weight is 386 g/mol. The lowest BCUT2D eigenvalue weighted by Crippen LogP contribution is -2.31. The Hall–Kier alpha value is -2.34. The minimum atomic E-state index is -0.0314. The second-order valence-electron chi connectivity index (χ2n) is 5.85. The normalized spacial score (nSPS) is 17.4. The van der Waals surface area contributed by atoms with Gasteiger partial charge in [0.05, 0.1) is 11.0 Å². The Labute approximate surface area is 147 Å². The lowest BCUT2D eigenvalue weighted by Gasteiger charge is -2.17. The number of benzene rings is 1. The van der Waals surface area contributed by atoms with Gasteiger partial charge >= 0.3 is 0 Å². The van der Waals surface area contributed by atoms with E-state index in [2.05, 4.69) is 25.9 Å². The molecule has 1 N–H and O–H groups in total. The van der Waals surface area contributed by atoms with Gasteiger partial charge in [-0.2, -0.15) is 0 Å². The highest BCUT2D eigenvalue weighted by Gasteiger charge is 2.29. The van der Waals surface area contributed by atoms with Gasteiger partial charge in [0.15, 0.2) is 0 Å². The summed E-state index contributed by atoms with van der Waals surface area (Å²) in [5, 5.41) is 1.05. The number of nitrogens with zero attached hydrogens (tertiary/aromatic N) is 2. The third-order valence-electron chi connectivity index (χ3n) is 4.24. The molecule has 1 aromatic carbocycles. The molecule has 0 spiro atoms. The lowest BCUT2D eigenvalue weighted by atomic mass is 10.1. The minimum Gasteiger partial charge on any atom is -0.472 e.